The number of carbonyl (C=O) groups excluding carboxylic acids is 1. The van der Waals surface area contributed by atoms with E-state index in [0.717, 1.165) is 16.9 Å². The molecular weight excluding hydrogens is 384 g/mol. The summed E-state index contributed by atoms with van der Waals surface area (Å²) in [7, 11) is 1.62. The lowest BCUT2D eigenvalue weighted by Gasteiger charge is -2.09. The number of pyridine rings is 1. The normalized spacial score (nSPS) is 10.8. The molecule has 0 saturated carbocycles. The summed E-state index contributed by atoms with van der Waals surface area (Å²) in [6.07, 6.45) is 3.32. The van der Waals surface area contributed by atoms with E-state index in [-0.39, 0.29) is 12.0 Å². The molecule has 0 aliphatic carbocycles. The van der Waals surface area contributed by atoms with Crippen molar-refractivity contribution in [2.24, 2.45) is 0 Å². The van der Waals surface area contributed by atoms with Gasteiger partial charge in [-0.2, -0.15) is 4.98 Å². The molecule has 8 heteroatoms. The number of aryl methyl sites for hydroxylation is 1. The number of hydrogen-bond donors (Lipinski definition) is 1. The summed E-state index contributed by atoms with van der Waals surface area (Å²) < 4.78 is 15.9. The minimum absolute atomic E-state index is 0.0348. The SMILES string of the molecule is COc1ccc(-c2noc(CCCC(=O)NCc3ccc(OC(C)C)nc3)n2)cc1. The molecule has 0 aliphatic rings. The standard InChI is InChI=1S/C22H26N4O4/c1-15(2)29-20-12-7-16(14-24-20)13-23-19(27)5-4-6-21-25-22(26-30-21)17-8-10-18(28-3)11-9-17/h7-12,14-15H,4-6,13H2,1-3H3,(H,23,27). The average molecular weight is 410 g/mol. The van der Waals surface area contributed by atoms with Gasteiger partial charge in [0, 0.05) is 37.2 Å². The third-order valence-corrected chi connectivity index (χ3v) is 4.25. The molecule has 1 aromatic carbocycles. The van der Waals surface area contributed by atoms with E-state index in [1.807, 2.05) is 44.2 Å². The topological polar surface area (TPSA) is 99.4 Å². The molecule has 0 spiro atoms. The molecule has 0 radical (unpaired) electrons. The first kappa shape index (κ1) is 21.3. The van der Waals surface area contributed by atoms with Crippen molar-refractivity contribution >= 4 is 5.91 Å². The summed E-state index contributed by atoms with van der Waals surface area (Å²) in [6, 6.07) is 11.1. The quantitative estimate of drug-likeness (QED) is 0.545. The predicted octanol–water partition coefficient (Wildman–Crippen LogP) is 3.57. The van der Waals surface area contributed by atoms with E-state index < -0.39 is 0 Å². The molecule has 1 amide bonds. The molecule has 8 nitrogen and oxygen atoms in total. The minimum atomic E-state index is -0.0348. The van der Waals surface area contributed by atoms with Gasteiger partial charge in [0.25, 0.3) is 0 Å². The molecule has 0 bridgehead atoms. The number of rotatable bonds is 10. The lowest BCUT2D eigenvalue weighted by molar-refractivity contribution is -0.121. The van der Waals surface area contributed by atoms with Crippen LogP contribution in [0.15, 0.2) is 47.1 Å². The van der Waals surface area contributed by atoms with Gasteiger partial charge in [-0.05, 0) is 50.1 Å². The molecule has 3 aromatic rings. The summed E-state index contributed by atoms with van der Waals surface area (Å²) in [5.74, 6) is 2.35. The van der Waals surface area contributed by atoms with E-state index in [1.165, 1.54) is 0 Å². The van der Waals surface area contributed by atoms with Crippen LogP contribution in [0, 0.1) is 0 Å². The first-order valence-electron chi connectivity index (χ1n) is 9.89. The Labute approximate surface area is 175 Å². The maximum Gasteiger partial charge on any atom is 0.226 e. The van der Waals surface area contributed by atoms with E-state index in [9.17, 15) is 4.79 Å². The first-order valence-corrected chi connectivity index (χ1v) is 9.89. The van der Waals surface area contributed by atoms with Crippen LogP contribution in [-0.2, 0) is 17.8 Å². The van der Waals surface area contributed by atoms with Crippen LogP contribution < -0.4 is 14.8 Å². The fraction of sp³-hybridized carbons (Fsp3) is 0.364. The van der Waals surface area contributed by atoms with Crippen molar-refractivity contribution in [2.45, 2.75) is 45.8 Å². The fourth-order valence-corrected chi connectivity index (χ4v) is 2.73. The second-order valence-corrected chi connectivity index (χ2v) is 7.04. The van der Waals surface area contributed by atoms with Gasteiger partial charge in [-0.25, -0.2) is 4.98 Å². The molecule has 158 valence electrons. The van der Waals surface area contributed by atoms with Gasteiger partial charge in [-0.1, -0.05) is 11.2 Å². The number of methoxy groups -OCH3 is 1. The summed E-state index contributed by atoms with van der Waals surface area (Å²) in [6.45, 7) is 4.32. The molecule has 3 rings (SSSR count). The van der Waals surface area contributed by atoms with Crippen LogP contribution in [0.2, 0.25) is 0 Å². The molecule has 2 heterocycles. The van der Waals surface area contributed by atoms with E-state index in [2.05, 4.69) is 20.4 Å². The number of benzene rings is 1. The van der Waals surface area contributed by atoms with E-state index >= 15 is 0 Å². The Kier molecular flexibility index (Phi) is 7.37. The van der Waals surface area contributed by atoms with E-state index in [4.69, 9.17) is 14.0 Å². The Hall–Kier alpha value is -3.42. The third kappa shape index (κ3) is 6.30. The first-order chi connectivity index (χ1) is 14.5. The lowest BCUT2D eigenvalue weighted by atomic mass is 10.2. The second-order valence-electron chi connectivity index (χ2n) is 7.04. The predicted molar refractivity (Wildman–Crippen MR) is 111 cm³/mol. The Morgan fingerprint density at radius 3 is 2.63 bits per heavy atom. The smallest absolute Gasteiger partial charge is 0.226 e. The van der Waals surface area contributed by atoms with Gasteiger partial charge in [0.05, 0.1) is 13.2 Å². The van der Waals surface area contributed by atoms with E-state index in [0.29, 0.717) is 43.4 Å². The Bertz CT molecular complexity index is 937. The molecule has 2 aromatic heterocycles. The van der Waals surface area contributed by atoms with Crippen LogP contribution in [0.25, 0.3) is 11.4 Å². The number of nitrogens with one attached hydrogen (secondary N) is 1. The highest BCUT2D eigenvalue weighted by molar-refractivity contribution is 5.75. The van der Waals surface area contributed by atoms with Crippen molar-refractivity contribution in [2.75, 3.05) is 7.11 Å². The van der Waals surface area contributed by atoms with Crippen LogP contribution in [0.4, 0.5) is 0 Å². The fourth-order valence-electron chi connectivity index (χ4n) is 2.73. The highest BCUT2D eigenvalue weighted by atomic mass is 16.5. The summed E-state index contributed by atoms with van der Waals surface area (Å²) >= 11 is 0. The maximum absolute atomic E-state index is 12.1. The van der Waals surface area contributed by atoms with Crippen molar-refractivity contribution < 1.29 is 18.8 Å². The number of carbonyl (C=O) groups is 1. The molecule has 0 fully saturated rings. The highest BCUT2D eigenvalue weighted by Crippen LogP contribution is 2.20. The molecular formula is C22H26N4O4. The Balaban J connectivity index is 1.39. The minimum Gasteiger partial charge on any atom is -0.497 e. The van der Waals surface area contributed by atoms with Crippen molar-refractivity contribution in [1.29, 1.82) is 0 Å². The Morgan fingerprint density at radius 1 is 1.17 bits per heavy atom. The average Bonchev–Trinajstić information content (AvgIpc) is 3.22. The molecule has 0 aliphatic heterocycles. The number of nitrogens with zero attached hydrogens (tertiary/aromatic N) is 3. The van der Waals surface area contributed by atoms with Crippen LogP contribution >= 0.6 is 0 Å². The molecule has 0 atom stereocenters. The van der Waals surface area contributed by atoms with Crippen molar-refractivity contribution in [1.82, 2.24) is 20.4 Å². The zero-order valence-electron chi connectivity index (χ0n) is 17.4. The highest BCUT2D eigenvalue weighted by Gasteiger charge is 2.10. The summed E-state index contributed by atoms with van der Waals surface area (Å²) in [5, 5.41) is 6.88. The van der Waals surface area contributed by atoms with Crippen molar-refractivity contribution in [3.63, 3.8) is 0 Å². The monoisotopic (exact) mass is 410 g/mol. The van der Waals surface area contributed by atoms with Crippen LogP contribution in [0.5, 0.6) is 11.6 Å². The summed E-state index contributed by atoms with van der Waals surface area (Å²) in [4.78, 5) is 20.7. The van der Waals surface area contributed by atoms with Crippen molar-refractivity contribution in [3.05, 3.63) is 54.0 Å². The van der Waals surface area contributed by atoms with Gasteiger partial charge >= 0.3 is 0 Å². The van der Waals surface area contributed by atoms with Crippen LogP contribution in [0.1, 0.15) is 38.1 Å². The lowest BCUT2D eigenvalue weighted by Crippen LogP contribution is -2.22. The third-order valence-electron chi connectivity index (χ3n) is 4.25. The maximum atomic E-state index is 12.1. The van der Waals surface area contributed by atoms with Gasteiger partial charge in [-0.15, -0.1) is 0 Å². The van der Waals surface area contributed by atoms with Gasteiger partial charge in [0.1, 0.15) is 5.75 Å². The number of amides is 1. The number of aromatic nitrogens is 3. The number of hydrogen-bond acceptors (Lipinski definition) is 7. The van der Waals surface area contributed by atoms with Gasteiger partial charge in [0.15, 0.2) is 0 Å². The number of ether oxygens (including phenoxy) is 2. The zero-order valence-corrected chi connectivity index (χ0v) is 17.4. The van der Waals surface area contributed by atoms with Crippen LogP contribution in [0.3, 0.4) is 0 Å². The van der Waals surface area contributed by atoms with Crippen LogP contribution in [-0.4, -0.2) is 34.2 Å². The molecule has 0 saturated heterocycles. The molecule has 0 unspecified atom stereocenters. The summed E-state index contributed by atoms with van der Waals surface area (Å²) in [5.41, 5.74) is 1.77. The van der Waals surface area contributed by atoms with E-state index in [1.54, 1.807) is 19.4 Å². The van der Waals surface area contributed by atoms with Crippen molar-refractivity contribution in [3.8, 4) is 23.0 Å². The van der Waals surface area contributed by atoms with Gasteiger partial charge < -0.3 is 19.3 Å². The van der Waals surface area contributed by atoms with Gasteiger partial charge in [0.2, 0.25) is 23.5 Å². The zero-order chi connectivity index (χ0) is 21.3. The second kappa shape index (κ2) is 10.4. The largest absolute Gasteiger partial charge is 0.497 e. The molecule has 1 N–H and O–H groups in total. The molecule has 30 heavy (non-hydrogen) atoms. The van der Waals surface area contributed by atoms with Gasteiger partial charge in [-0.3, -0.25) is 4.79 Å². The Morgan fingerprint density at radius 2 is 1.97 bits per heavy atom.